The number of alkyl halides is 4. The molecule has 0 aromatic carbocycles. The Labute approximate surface area is 92.2 Å². The summed E-state index contributed by atoms with van der Waals surface area (Å²) in [6.45, 7) is 0. The van der Waals surface area contributed by atoms with Gasteiger partial charge in [0.2, 0.25) is 0 Å². The van der Waals surface area contributed by atoms with Crippen molar-refractivity contribution in [1.82, 2.24) is 0 Å². The predicted octanol–water partition coefficient (Wildman–Crippen LogP) is 3.38. The first-order valence-electron chi connectivity index (χ1n) is 1.21. The molecular weight excluding hydrogens is 532 g/mol. The van der Waals surface area contributed by atoms with Crippen LogP contribution in [0, 0.1) is 0 Å². The molecule has 0 spiro atoms. The molecule has 0 unspecified atom stereocenters. The van der Waals surface area contributed by atoms with Crippen LogP contribution in [0.1, 0.15) is 0 Å². The van der Waals surface area contributed by atoms with Crippen molar-refractivity contribution in [3.63, 3.8) is 0 Å². The van der Waals surface area contributed by atoms with Crippen molar-refractivity contribution in [2.75, 3.05) is 0 Å². The summed E-state index contributed by atoms with van der Waals surface area (Å²) in [6, 6.07) is 0. The summed E-state index contributed by atoms with van der Waals surface area (Å²) >= 11 is 9.62. The van der Waals surface area contributed by atoms with E-state index in [2.05, 4.69) is 90.4 Å². The molecule has 6 heavy (non-hydrogen) atoms. The van der Waals surface area contributed by atoms with Crippen LogP contribution in [0.5, 0.6) is 0 Å². The quantitative estimate of drug-likeness (QED) is 0.358. The molecule has 0 amide bonds. The third-order valence-electron chi connectivity index (χ3n) is 0.190. The van der Waals surface area contributed by atoms with Gasteiger partial charge < -0.3 is 0 Å². The predicted molar refractivity (Wildman–Crippen MR) is 63.7 cm³/mol. The van der Waals surface area contributed by atoms with E-state index in [0.717, 1.165) is 3.86 Å². The molecule has 0 aromatic rings. The summed E-state index contributed by atoms with van der Waals surface area (Å²) in [5, 5.41) is 0. The Morgan fingerprint density at radius 1 is 0.667 bits per heavy atom. The van der Waals surface area contributed by atoms with E-state index >= 15 is 0 Å². The van der Waals surface area contributed by atoms with E-state index in [-0.39, 0.29) is 0 Å². The molecule has 0 rings (SSSR count). The zero-order valence-corrected chi connectivity index (χ0v) is 11.3. The molecule has 0 aliphatic carbocycles. The molecule has 0 atom stereocenters. The third kappa shape index (κ3) is 5.06. The zero-order valence-electron chi connectivity index (χ0n) is 2.67. The largest absolute Gasteiger partial charge is 0.0834 e. The number of halogens is 4. The maximum atomic E-state index is 2.40. The minimum Gasteiger partial charge on any atom is -0.0690 e. The Morgan fingerprint density at radius 3 is 0.833 bits per heavy atom. The SMILES string of the molecule is IC(I)C(I)I. The van der Waals surface area contributed by atoms with E-state index in [1.165, 1.54) is 0 Å². The summed E-state index contributed by atoms with van der Waals surface area (Å²) in [6.07, 6.45) is 0. The van der Waals surface area contributed by atoms with E-state index < -0.39 is 0 Å². The molecular formula is C2H2I4. The van der Waals surface area contributed by atoms with Gasteiger partial charge >= 0.3 is 0 Å². The van der Waals surface area contributed by atoms with Gasteiger partial charge in [-0.2, -0.15) is 0 Å². The number of hydrogen-bond acceptors (Lipinski definition) is 0. The number of rotatable bonds is 1. The standard InChI is InChI=1S/C2H2I4/c3-1(4)2(5)6/h1-2H. The van der Waals surface area contributed by atoms with Gasteiger partial charge in [-0.1, -0.05) is 90.4 Å². The third-order valence-corrected chi connectivity index (χ3v) is 8.57. The van der Waals surface area contributed by atoms with Crippen LogP contribution < -0.4 is 0 Å². The van der Waals surface area contributed by atoms with Crippen molar-refractivity contribution in [3.8, 4) is 0 Å². The second-order valence-corrected chi connectivity index (χ2v) is 10.8. The van der Waals surface area contributed by atoms with E-state index in [4.69, 9.17) is 0 Å². The van der Waals surface area contributed by atoms with Gasteiger partial charge in [0.15, 0.2) is 0 Å². The van der Waals surface area contributed by atoms with Gasteiger partial charge in [0.1, 0.15) is 0 Å². The second-order valence-electron chi connectivity index (χ2n) is 0.669. The van der Waals surface area contributed by atoms with Gasteiger partial charge in [0.25, 0.3) is 0 Å². The van der Waals surface area contributed by atoms with Crippen molar-refractivity contribution >= 4 is 90.4 Å². The lowest BCUT2D eigenvalue weighted by Gasteiger charge is -1.97. The molecule has 38 valence electrons. The van der Waals surface area contributed by atoms with Crippen LogP contribution in [0.25, 0.3) is 0 Å². The Hall–Kier alpha value is 2.92. The average Bonchev–Trinajstić information content (AvgIpc) is 1.36. The minimum absolute atomic E-state index is 0.765. The lowest BCUT2D eigenvalue weighted by molar-refractivity contribution is 1.57. The van der Waals surface area contributed by atoms with Crippen LogP contribution in [0.3, 0.4) is 0 Å². The first-order chi connectivity index (χ1) is 2.64. The lowest BCUT2D eigenvalue weighted by atomic mass is 11.0. The van der Waals surface area contributed by atoms with Crippen LogP contribution in [-0.4, -0.2) is 3.86 Å². The van der Waals surface area contributed by atoms with Gasteiger partial charge in [-0.25, -0.2) is 0 Å². The van der Waals surface area contributed by atoms with Gasteiger partial charge in [-0.3, -0.25) is 0 Å². The molecule has 0 saturated heterocycles. The van der Waals surface area contributed by atoms with E-state index in [1.54, 1.807) is 0 Å². The summed E-state index contributed by atoms with van der Waals surface area (Å²) in [5.74, 6) is 0. The summed E-state index contributed by atoms with van der Waals surface area (Å²) in [7, 11) is 0. The topological polar surface area (TPSA) is 0 Å². The molecule has 0 heterocycles. The van der Waals surface area contributed by atoms with Gasteiger partial charge in [0.05, 0.1) is 3.86 Å². The molecule has 0 nitrogen and oxygen atoms in total. The van der Waals surface area contributed by atoms with E-state index in [1.807, 2.05) is 0 Å². The van der Waals surface area contributed by atoms with Crippen molar-refractivity contribution in [2.24, 2.45) is 0 Å². The molecule has 4 heteroatoms. The highest BCUT2D eigenvalue weighted by Crippen LogP contribution is 2.26. The molecule has 0 bridgehead atoms. The van der Waals surface area contributed by atoms with Crippen molar-refractivity contribution < 1.29 is 0 Å². The zero-order chi connectivity index (χ0) is 5.15. The average molecular weight is 534 g/mol. The fourth-order valence-corrected chi connectivity index (χ4v) is 0. The maximum absolute atomic E-state index is 2.40. The smallest absolute Gasteiger partial charge is 0.0690 e. The van der Waals surface area contributed by atoms with Crippen molar-refractivity contribution in [1.29, 1.82) is 0 Å². The van der Waals surface area contributed by atoms with Crippen LogP contribution >= 0.6 is 90.4 Å². The van der Waals surface area contributed by atoms with Crippen molar-refractivity contribution in [2.45, 2.75) is 3.86 Å². The molecule has 0 N–H and O–H groups in total. The fraction of sp³-hybridized carbons (Fsp3) is 1.00. The molecule has 0 radical (unpaired) electrons. The maximum Gasteiger partial charge on any atom is 0.0834 e. The molecule has 0 aliphatic heterocycles. The summed E-state index contributed by atoms with van der Waals surface area (Å²) < 4.78 is 1.53. The Bertz CT molecular complexity index is 26.5. The van der Waals surface area contributed by atoms with Gasteiger partial charge in [-0.15, -0.1) is 0 Å². The monoisotopic (exact) mass is 534 g/mol. The highest BCUT2D eigenvalue weighted by Gasteiger charge is 2.04. The molecule has 0 aromatic heterocycles. The minimum atomic E-state index is 0.765. The van der Waals surface area contributed by atoms with Gasteiger partial charge in [0, 0.05) is 0 Å². The van der Waals surface area contributed by atoms with E-state index in [0.29, 0.717) is 0 Å². The molecule has 0 fully saturated rings. The Balaban J connectivity index is 2.99. The highest BCUT2D eigenvalue weighted by molar-refractivity contribution is 14.2. The first kappa shape index (κ1) is 8.92. The van der Waals surface area contributed by atoms with Gasteiger partial charge in [-0.05, 0) is 0 Å². The number of hydrogen-bond donors (Lipinski definition) is 0. The fourth-order valence-electron chi connectivity index (χ4n) is 0. The Morgan fingerprint density at radius 2 is 0.833 bits per heavy atom. The van der Waals surface area contributed by atoms with Crippen LogP contribution in [0.2, 0.25) is 0 Å². The normalized spacial score (nSPS) is 11.0. The van der Waals surface area contributed by atoms with Crippen LogP contribution in [-0.2, 0) is 0 Å². The van der Waals surface area contributed by atoms with Crippen LogP contribution in [0.4, 0.5) is 0 Å². The van der Waals surface area contributed by atoms with Crippen molar-refractivity contribution in [3.05, 3.63) is 0 Å². The molecule has 0 saturated carbocycles. The molecule has 0 aliphatic rings. The highest BCUT2D eigenvalue weighted by atomic mass is 127. The summed E-state index contributed by atoms with van der Waals surface area (Å²) in [4.78, 5) is 0. The van der Waals surface area contributed by atoms with Crippen LogP contribution in [0.15, 0.2) is 0 Å². The van der Waals surface area contributed by atoms with E-state index in [9.17, 15) is 0 Å². The second kappa shape index (κ2) is 4.77. The first-order valence-corrected chi connectivity index (χ1v) is 6.19. The summed E-state index contributed by atoms with van der Waals surface area (Å²) in [5.41, 5.74) is 0. The Kier molecular flexibility index (Phi) is 7.09. The lowest BCUT2D eigenvalue weighted by Crippen LogP contribution is -1.92.